The van der Waals surface area contributed by atoms with Gasteiger partial charge in [-0.3, -0.25) is 9.59 Å². The highest BCUT2D eigenvalue weighted by molar-refractivity contribution is 5.91. The maximum absolute atomic E-state index is 11.8. The number of hydrogen-bond donors (Lipinski definition) is 2. The van der Waals surface area contributed by atoms with Crippen molar-refractivity contribution in [3.8, 4) is 0 Å². The van der Waals surface area contributed by atoms with Crippen molar-refractivity contribution in [3.63, 3.8) is 0 Å². The number of amides is 1. The lowest BCUT2D eigenvalue weighted by molar-refractivity contribution is -0.147. The Bertz CT molecular complexity index is 474. The smallest absolute Gasteiger partial charge is 0.309 e. The molecule has 0 saturated carbocycles. The molecule has 1 aromatic heterocycles. The fraction of sp³-hybridized carbons (Fsp3) is 0.571. The van der Waals surface area contributed by atoms with Gasteiger partial charge in [-0.05, 0) is 38.8 Å². The van der Waals surface area contributed by atoms with Crippen molar-refractivity contribution >= 4 is 11.9 Å². The van der Waals surface area contributed by atoms with E-state index in [0.717, 1.165) is 17.7 Å². The number of furan rings is 1. The largest absolute Gasteiger partial charge is 0.481 e. The van der Waals surface area contributed by atoms with Crippen molar-refractivity contribution in [2.75, 3.05) is 6.54 Å². The van der Waals surface area contributed by atoms with Gasteiger partial charge in [0, 0.05) is 13.0 Å². The highest BCUT2D eigenvalue weighted by Crippen LogP contribution is 2.19. The highest BCUT2D eigenvalue weighted by atomic mass is 16.4. The van der Waals surface area contributed by atoms with Gasteiger partial charge < -0.3 is 14.8 Å². The topological polar surface area (TPSA) is 79.5 Å². The number of aryl methyl sites for hydroxylation is 2. The van der Waals surface area contributed by atoms with Gasteiger partial charge in [-0.15, -0.1) is 0 Å². The number of carboxylic acids is 1. The van der Waals surface area contributed by atoms with Gasteiger partial charge in [0.05, 0.1) is 5.41 Å². The maximum atomic E-state index is 11.8. The van der Waals surface area contributed by atoms with Gasteiger partial charge in [-0.1, -0.05) is 6.92 Å². The third-order valence-corrected chi connectivity index (χ3v) is 3.18. The van der Waals surface area contributed by atoms with Crippen molar-refractivity contribution in [2.24, 2.45) is 5.41 Å². The monoisotopic (exact) mass is 267 g/mol. The van der Waals surface area contributed by atoms with E-state index in [1.807, 2.05) is 13.8 Å². The van der Waals surface area contributed by atoms with Crippen molar-refractivity contribution in [2.45, 2.75) is 40.5 Å². The molecule has 0 aromatic carbocycles. The molecule has 19 heavy (non-hydrogen) atoms. The summed E-state index contributed by atoms with van der Waals surface area (Å²) >= 11 is 0. The summed E-state index contributed by atoms with van der Waals surface area (Å²) in [4.78, 5) is 22.8. The van der Waals surface area contributed by atoms with E-state index in [0.29, 0.717) is 13.0 Å². The van der Waals surface area contributed by atoms with Crippen molar-refractivity contribution in [1.82, 2.24) is 5.32 Å². The van der Waals surface area contributed by atoms with Crippen LogP contribution < -0.4 is 5.32 Å². The minimum atomic E-state index is -0.871. The molecule has 0 bridgehead atoms. The summed E-state index contributed by atoms with van der Waals surface area (Å²) in [5.74, 6) is -0.0913. The van der Waals surface area contributed by atoms with Crippen LogP contribution in [0.25, 0.3) is 0 Å². The van der Waals surface area contributed by atoms with Gasteiger partial charge >= 0.3 is 5.97 Å². The second kappa shape index (κ2) is 5.91. The molecule has 0 aliphatic heterocycles. The average Bonchev–Trinajstić information content (AvgIpc) is 2.70. The number of aliphatic carboxylic acids is 1. The van der Waals surface area contributed by atoms with Crippen LogP contribution in [0.2, 0.25) is 0 Å². The van der Waals surface area contributed by atoms with Crippen molar-refractivity contribution in [1.29, 1.82) is 0 Å². The Kier molecular flexibility index (Phi) is 4.75. The highest BCUT2D eigenvalue weighted by Gasteiger charge is 2.26. The summed E-state index contributed by atoms with van der Waals surface area (Å²) < 4.78 is 5.43. The van der Waals surface area contributed by atoms with E-state index in [4.69, 9.17) is 9.52 Å². The molecule has 0 fully saturated rings. The first-order valence-electron chi connectivity index (χ1n) is 6.39. The summed E-state index contributed by atoms with van der Waals surface area (Å²) in [7, 11) is 0. The van der Waals surface area contributed by atoms with E-state index < -0.39 is 11.4 Å². The molecule has 1 rings (SSSR count). The number of carbonyl (C=O) groups is 2. The first-order valence-corrected chi connectivity index (χ1v) is 6.39. The number of hydrogen-bond acceptors (Lipinski definition) is 3. The lowest BCUT2D eigenvalue weighted by Crippen LogP contribution is -2.31. The maximum Gasteiger partial charge on any atom is 0.309 e. The normalized spacial score (nSPS) is 11.4. The molecular weight excluding hydrogens is 246 g/mol. The third-order valence-electron chi connectivity index (χ3n) is 3.18. The van der Waals surface area contributed by atoms with Crippen LogP contribution in [0, 0.1) is 12.3 Å². The van der Waals surface area contributed by atoms with Crippen molar-refractivity contribution in [3.05, 3.63) is 23.2 Å². The van der Waals surface area contributed by atoms with Gasteiger partial charge in [0.15, 0.2) is 5.76 Å². The summed E-state index contributed by atoms with van der Waals surface area (Å²) in [6.07, 6.45) is 1.11. The van der Waals surface area contributed by atoms with E-state index >= 15 is 0 Å². The SMILES string of the molecule is CCc1oc(C(=O)NCCC(C)(C)C(=O)O)cc1C. The average molecular weight is 267 g/mol. The summed E-state index contributed by atoms with van der Waals surface area (Å²) in [5, 5.41) is 11.6. The molecule has 106 valence electrons. The molecule has 0 unspecified atom stereocenters. The predicted molar refractivity (Wildman–Crippen MR) is 71.2 cm³/mol. The van der Waals surface area contributed by atoms with Crippen LogP contribution in [0.15, 0.2) is 10.5 Å². The molecule has 1 heterocycles. The molecule has 0 spiro atoms. The third kappa shape index (κ3) is 3.84. The first-order chi connectivity index (χ1) is 8.77. The summed E-state index contributed by atoms with van der Waals surface area (Å²) in [6.45, 7) is 7.43. The minimum Gasteiger partial charge on any atom is -0.481 e. The van der Waals surface area contributed by atoms with Gasteiger partial charge in [-0.25, -0.2) is 0 Å². The van der Waals surface area contributed by atoms with Gasteiger partial charge in [-0.2, -0.15) is 0 Å². The number of rotatable bonds is 6. The van der Waals surface area contributed by atoms with E-state index in [1.165, 1.54) is 0 Å². The Hall–Kier alpha value is -1.78. The van der Waals surface area contributed by atoms with E-state index in [-0.39, 0.29) is 11.7 Å². The summed E-state index contributed by atoms with van der Waals surface area (Å²) in [5.41, 5.74) is 0.111. The Morgan fingerprint density at radius 1 is 1.42 bits per heavy atom. The molecule has 0 saturated heterocycles. The van der Waals surface area contributed by atoms with Crippen LogP contribution in [0.5, 0.6) is 0 Å². The summed E-state index contributed by atoms with van der Waals surface area (Å²) in [6, 6.07) is 1.70. The Morgan fingerprint density at radius 3 is 2.53 bits per heavy atom. The van der Waals surface area contributed by atoms with Gasteiger partial charge in [0.1, 0.15) is 5.76 Å². The first kappa shape index (κ1) is 15.3. The van der Waals surface area contributed by atoms with Crippen LogP contribution in [-0.4, -0.2) is 23.5 Å². The number of carboxylic acid groups (broad SMARTS) is 1. The Morgan fingerprint density at radius 2 is 2.05 bits per heavy atom. The fourth-order valence-electron chi connectivity index (χ4n) is 1.67. The molecule has 5 heteroatoms. The van der Waals surface area contributed by atoms with E-state index in [1.54, 1.807) is 19.9 Å². The zero-order valence-electron chi connectivity index (χ0n) is 11.9. The second-order valence-electron chi connectivity index (χ2n) is 5.27. The van der Waals surface area contributed by atoms with Crippen LogP contribution in [0.1, 0.15) is 49.1 Å². The molecule has 0 atom stereocenters. The molecule has 2 N–H and O–H groups in total. The standard InChI is InChI=1S/C14H21NO4/c1-5-10-9(2)8-11(19-10)12(16)15-7-6-14(3,4)13(17)18/h8H,5-7H2,1-4H3,(H,15,16)(H,17,18). The van der Waals surface area contributed by atoms with Crippen LogP contribution in [0.3, 0.4) is 0 Å². The lowest BCUT2D eigenvalue weighted by atomic mass is 9.90. The fourth-order valence-corrected chi connectivity index (χ4v) is 1.67. The van der Waals surface area contributed by atoms with Gasteiger partial charge in [0.2, 0.25) is 0 Å². The zero-order chi connectivity index (χ0) is 14.6. The molecule has 1 amide bonds. The van der Waals surface area contributed by atoms with Crippen LogP contribution >= 0.6 is 0 Å². The lowest BCUT2D eigenvalue weighted by Gasteiger charge is -2.18. The van der Waals surface area contributed by atoms with E-state index in [9.17, 15) is 9.59 Å². The Balaban J connectivity index is 2.54. The molecule has 5 nitrogen and oxygen atoms in total. The van der Waals surface area contributed by atoms with Crippen LogP contribution in [-0.2, 0) is 11.2 Å². The zero-order valence-corrected chi connectivity index (χ0v) is 11.9. The molecule has 0 radical (unpaired) electrons. The molecule has 0 aliphatic rings. The van der Waals surface area contributed by atoms with Gasteiger partial charge in [0.25, 0.3) is 5.91 Å². The van der Waals surface area contributed by atoms with Crippen molar-refractivity contribution < 1.29 is 19.1 Å². The number of carbonyl (C=O) groups excluding carboxylic acids is 1. The quantitative estimate of drug-likeness (QED) is 0.829. The van der Waals surface area contributed by atoms with Crippen LogP contribution in [0.4, 0.5) is 0 Å². The molecule has 0 aliphatic carbocycles. The molecule has 1 aromatic rings. The van der Waals surface area contributed by atoms with E-state index in [2.05, 4.69) is 5.32 Å². The molecular formula is C14H21NO4. The number of nitrogens with one attached hydrogen (secondary N) is 1. The minimum absolute atomic E-state index is 0.280. The Labute approximate surface area is 113 Å². The predicted octanol–water partition coefficient (Wildman–Crippen LogP) is 2.38. The second-order valence-corrected chi connectivity index (χ2v) is 5.27.